The van der Waals surface area contributed by atoms with Crippen LogP contribution >= 0.6 is 0 Å². The van der Waals surface area contributed by atoms with Gasteiger partial charge < -0.3 is 10.6 Å². The molecule has 0 aromatic carbocycles. The molecule has 0 aromatic rings. The van der Waals surface area contributed by atoms with E-state index in [0.717, 1.165) is 19.6 Å². The summed E-state index contributed by atoms with van der Waals surface area (Å²) in [6.45, 7) is 9.05. The zero-order chi connectivity index (χ0) is 11.2. The van der Waals surface area contributed by atoms with Crippen molar-refractivity contribution in [2.75, 3.05) is 26.2 Å². The Labute approximate surface area is 96.2 Å². The molecule has 0 rings (SSSR count). The van der Waals surface area contributed by atoms with Gasteiger partial charge in [0.1, 0.15) is 0 Å². The smallest absolute Gasteiger partial charge is 0.00767 e. The molecular weight excluding hydrogens is 184 g/mol. The van der Waals surface area contributed by atoms with Crippen molar-refractivity contribution in [2.45, 2.75) is 58.8 Å². The van der Waals surface area contributed by atoms with Crippen molar-refractivity contribution in [1.82, 2.24) is 10.6 Å². The monoisotopic (exact) mass is 214 g/mol. The number of nitrogens with one attached hydrogen (secondary N) is 2. The molecule has 0 aliphatic heterocycles. The van der Waals surface area contributed by atoms with Crippen molar-refractivity contribution in [1.29, 1.82) is 0 Å². The second-order valence-corrected chi connectivity index (χ2v) is 4.27. The van der Waals surface area contributed by atoms with Crippen LogP contribution in [0.5, 0.6) is 0 Å². The van der Waals surface area contributed by atoms with Gasteiger partial charge in [0.25, 0.3) is 0 Å². The molecule has 0 heterocycles. The molecular formula is C13H30N2. The summed E-state index contributed by atoms with van der Waals surface area (Å²) in [5, 5.41) is 6.86. The third-order valence-electron chi connectivity index (χ3n) is 2.61. The lowest BCUT2D eigenvalue weighted by Crippen LogP contribution is -2.28. The van der Waals surface area contributed by atoms with Gasteiger partial charge in [0.05, 0.1) is 0 Å². The van der Waals surface area contributed by atoms with Crippen LogP contribution in [0.2, 0.25) is 0 Å². The maximum absolute atomic E-state index is 3.47. The highest BCUT2D eigenvalue weighted by atomic mass is 14.9. The summed E-state index contributed by atoms with van der Waals surface area (Å²) in [4.78, 5) is 0. The fourth-order valence-electron chi connectivity index (χ4n) is 1.63. The Morgan fingerprint density at radius 2 is 1.13 bits per heavy atom. The van der Waals surface area contributed by atoms with Gasteiger partial charge in [0.2, 0.25) is 0 Å². The van der Waals surface area contributed by atoms with Gasteiger partial charge in [-0.15, -0.1) is 0 Å². The molecule has 2 nitrogen and oxygen atoms in total. The summed E-state index contributed by atoms with van der Waals surface area (Å²) in [5.74, 6) is 0. The molecule has 0 aliphatic carbocycles. The second kappa shape index (κ2) is 13.9. The van der Waals surface area contributed by atoms with Crippen molar-refractivity contribution in [2.24, 2.45) is 0 Å². The van der Waals surface area contributed by atoms with Gasteiger partial charge in [0, 0.05) is 13.1 Å². The maximum atomic E-state index is 3.47. The van der Waals surface area contributed by atoms with Crippen LogP contribution in [0.1, 0.15) is 58.8 Å². The average molecular weight is 214 g/mol. The Balaban J connectivity index is 2.81. The van der Waals surface area contributed by atoms with Gasteiger partial charge in [-0.3, -0.25) is 0 Å². The van der Waals surface area contributed by atoms with Gasteiger partial charge in [-0.05, 0) is 25.9 Å². The predicted molar refractivity (Wildman–Crippen MR) is 69.4 cm³/mol. The summed E-state index contributed by atoms with van der Waals surface area (Å²) in [6, 6.07) is 0. The van der Waals surface area contributed by atoms with E-state index < -0.39 is 0 Å². The SMILES string of the molecule is CCCCCCCCNCCNCCC. The largest absolute Gasteiger partial charge is 0.315 e. The lowest BCUT2D eigenvalue weighted by Gasteiger charge is -2.05. The average Bonchev–Trinajstić information content (AvgIpc) is 2.26. The molecule has 0 fully saturated rings. The van der Waals surface area contributed by atoms with Gasteiger partial charge in [-0.1, -0.05) is 46.0 Å². The van der Waals surface area contributed by atoms with E-state index in [0.29, 0.717) is 0 Å². The van der Waals surface area contributed by atoms with E-state index in [1.165, 1.54) is 51.5 Å². The summed E-state index contributed by atoms with van der Waals surface area (Å²) in [6.07, 6.45) is 9.58. The number of hydrogen-bond donors (Lipinski definition) is 2. The van der Waals surface area contributed by atoms with Crippen LogP contribution in [0.3, 0.4) is 0 Å². The number of rotatable bonds is 12. The minimum Gasteiger partial charge on any atom is -0.315 e. The van der Waals surface area contributed by atoms with E-state index in [1.807, 2.05) is 0 Å². The summed E-state index contributed by atoms with van der Waals surface area (Å²) >= 11 is 0. The molecule has 0 atom stereocenters. The first-order chi connectivity index (χ1) is 7.41. The molecule has 0 aromatic heterocycles. The summed E-state index contributed by atoms with van der Waals surface area (Å²) in [5.41, 5.74) is 0. The number of unbranched alkanes of at least 4 members (excludes halogenated alkanes) is 5. The predicted octanol–water partition coefficient (Wildman–Crippen LogP) is 2.94. The second-order valence-electron chi connectivity index (χ2n) is 4.27. The Morgan fingerprint density at radius 1 is 0.533 bits per heavy atom. The van der Waals surface area contributed by atoms with E-state index in [1.54, 1.807) is 0 Å². The third-order valence-corrected chi connectivity index (χ3v) is 2.61. The van der Waals surface area contributed by atoms with Crippen LogP contribution in [0.4, 0.5) is 0 Å². The van der Waals surface area contributed by atoms with Gasteiger partial charge in [0.15, 0.2) is 0 Å². The molecule has 92 valence electrons. The normalized spacial score (nSPS) is 10.8. The first kappa shape index (κ1) is 14.9. The highest BCUT2D eigenvalue weighted by Crippen LogP contribution is 2.03. The Morgan fingerprint density at radius 3 is 1.80 bits per heavy atom. The molecule has 2 heteroatoms. The van der Waals surface area contributed by atoms with Crippen LogP contribution in [0, 0.1) is 0 Å². The Hall–Kier alpha value is -0.0800. The molecule has 0 amide bonds. The molecule has 0 radical (unpaired) electrons. The van der Waals surface area contributed by atoms with Crippen LogP contribution in [0.15, 0.2) is 0 Å². The standard InChI is InChI=1S/C13H30N2/c1-3-5-6-7-8-9-11-15-13-12-14-10-4-2/h14-15H,3-13H2,1-2H3. The van der Waals surface area contributed by atoms with Crippen molar-refractivity contribution in [3.8, 4) is 0 Å². The highest BCUT2D eigenvalue weighted by molar-refractivity contribution is 4.52. The Kier molecular flexibility index (Phi) is 13.8. The Bertz CT molecular complexity index is 92.7. The van der Waals surface area contributed by atoms with Crippen molar-refractivity contribution in [3.05, 3.63) is 0 Å². The molecule has 0 aliphatic rings. The van der Waals surface area contributed by atoms with Crippen molar-refractivity contribution >= 4 is 0 Å². The molecule has 0 saturated carbocycles. The molecule has 0 unspecified atom stereocenters. The molecule has 0 bridgehead atoms. The molecule has 15 heavy (non-hydrogen) atoms. The van der Waals surface area contributed by atoms with E-state index in [-0.39, 0.29) is 0 Å². The van der Waals surface area contributed by atoms with Crippen LogP contribution < -0.4 is 10.6 Å². The zero-order valence-electron chi connectivity index (χ0n) is 10.8. The third kappa shape index (κ3) is 13.9. The summed E-state index contributed by atoms with van der Waals surface area (Å²) in [7, 11) is 0. The van der Waals surface area contributed by atoms with Crippen molar-refractivity contribution in [3.63, 3.8) is 0 Å². The fourth-order valence-corrected chi connectivity index (χ4v) is 1.63. The van der Waals surface area contributed by atoms with Crippen LogP contribution in [0.25, 0.3) is 0 Å². The highest BCUT2D eigenvalue weighted by Gasteiger charge is 1.90. The lowest BCUT2D eigenvalue weighted by molar-refractivity contribution is 0.557. The first-order valence-electron chi connectivity index (χ1n) is 6.83. The van der Waals surface area contributed by atoms with E-state index >= 15 is 0 Å². The van der Waals surface area contributed by atoms with E-state index in [9.17, 15) is 0 Å². The van der Waals surface area contributed by atoms with Crippen LogP contribution in [-0.4, -0.2) is 26.2 Å². The minimum atomic E-state index is 1.11. The quantitative estimate of drug-likeness (QED) is 0.488. The lowest BCUT2D eigenvalue weighted by atomic mass is 10.1. The van der Waals surface area contributed by atoms with E-state index in [4.69, 9.17) is 0 Å². The molecule has 0 spiro atoms. The maximum Gasteiger partial charge on any atom is 0.00767 e. The molecule has 2 N–H and O–H groups in total. The topological polar surface area (TPSA) is 24.1 Å². The van der Waals surface area contributed by atoms with Gasteiger partial charge in [-0.25, -0.2) is 0 Å². The number of hydrogen-bond acceptors (Lipinski definition) is 2. The van der Waals surface area contributed by atoms with Gasteiger partial charge >= 0.3 is 0 Å². The van der Waals surface area contributed by atoms with Crippen molar-refractivity contribution < 1.29 is 0 Å². The fraction of sp³-hybridized carbons (Fsp3) is 1.00. The van der Waals surface area contributed by atoms with E-state index in [2.05, 4.69) is 24.5 Å². The minimum absolute atomic E-state index is 1.11. The zero-order valence-corrected chi connectivity index (χ0v) is 10.8. The van der Waals surface area contributed by atoms with Gasteiger partial charge in [-0.2, -0.15) is 0 Å². The van der Waals surface area contributed by atoms with Crippen LogP contribution in [-0.2, 0) is 0 Å². The molecule has 0 saturated heterocycles. The summed E-state index contributed by atoms with van der Waals surface area (Å²) < 4.78 is 0. The first-order valence-corrected chi connectivity index (χ1v) is 6.83.